The summed E-state index contributed by atoms with van der Waals surface area (Å²) in [6.45, 7) is 0.0746. The highest BCUT2D eigenvalue weighted by molar-refractivity contribution is 8.00. The second kappa shape index (κ2) is 8.12. The molecule has 0 N–H and O–H groups in total. The number of nitrogens with zero attached hydrogens (tertiary/aromatic N) is 2. The molecule has 24 heavy (non-hydrogen) atoms. The van der Waals surface area contributed by atoms with Crippen LogP contribution >= 0.6 is 23.4 Å². The zero-order valence-corrected chi connectivity index (χ0v) is 14.3. The first kappa shape index (κ1) is 18.2. The highest BCUT2D eigenvalue weighted by Crippen LogP contribution is 2.23. The average Bonchev–Trinajstić information content (AvgIpc) is 2.56. The molecular weight excluding hydrogens is 355 g/mol. The topological polar surface area (TPSA) is 63.5 Å². The van der Waals surface area contributed by atoms with Crippen molar-refractivity contribution in [1.29, 1.82) is 0 Å². The van der Waals surface area contributed by atoms with Crippen LogP contribution in [0.1, 0.15) is 5.56 Å². The fraction of sp³-hybridized carbons (Fsp3) is 0.188. The molecule has 126 valence electrons. The van der Waals surface area contributed by atoms with E-state index in [-0.39, 0.29) is 34.5 Å². The van der Waals surface area contributed by atoms with E-state index in [9.17, 15) is 19.3 Å². The summed E-state index contributed by atoms with van der Waals surface area (Å²) in [5.74, 6) is -0.511. The third-order valence-electron chi connectivity index (χ3n) is 3.29. The van der Waals surface area contributed by atoms with Crippen molar-refractivity contribution >= 4 is 35.0 Å². The highest BCUT2D eigenvalue weighted by Gasteiger charge is 2.15. The molecule has 2 aromatic carbocycles. The molecule has 2 aromatic rings. The number of hydrogen-bond donors (Lipinski definition) is 0. The van der Waals surface area contributed by atoms with Crippen LogP contribution in [0.2, 0.25) is 5.02 Å². The van der Waals surface area contributed by atoms with E-state index >= 15 is 0 Å². The Morgan fingerprint density at radius 1 is 1.29 bits per heavy atom. The van der Waals surface area contributed by atoms with Crippen molar-refractivity contribution in [2.75, 3.05) is 12.8 Å². The number of amides is 1. The monoisotopic (exact) mass is 368 g/mol. The molecule has 1 amide bonds. The van der Waals surface area contributed by atoms with Crippen molar-refractivity contribution in [3.63, 3.8) is 0 Å². The van der Waals surface area contributed by atoms with E-state index in [0.29, 0.717) is 0 Å². The Kier molecular flexibility index (Phi) is 6.16. The first-order chi connectivity index (χ1) is 11.4. The highest BCUT2D eigenvalue weighted by atomic mass is 35.5. The summed E-state index contributed by atoms with van der Waals surface area (Å²) in [5, 5.41) is 10.9. The predicted molar refractivity (Wildman–Crippen MR) is 91.7 cm³/mol. The Morgan fingerprint density at radius 2 is 1.96 bits per heavy atom. The molecule has 0 spiro atoms. The lowest BCUT2D eigenvalue weighted by Crippen LogP contribution is -2.28. The number of carbonyl (C=O) groups excluding carboxylic acids is 1. The Morgan fingerprint density at radius 3 is 2.54 bits per heavy atom. The van der Waals surface area contributed by atoms with Crippen LogP contribution in [0.4, 0.5) is 10.1 Å². The summed E-state index contributed by atoms with van der Waals surface area (Å²) in [4.78, 5) is 24.4. The van der Waals surface area contributed by atoms with E-state index in [4.69, 9.17) is 11.6 Å². The number of carbonyl (C=O) groups is 1. The SMILES string of the molecule is CN(Cc1c(F)cccc1Cl)C(=O)CSc1ccc([N+](=O)[O-])cc1. The number of nitro groups is 1. The van der Waals surface area contributed by atoms with E-state index in [1.54, 1.807) is 25.2 Å². The third-order valence-corrected chi connectivity index (χ3v) is 4.64. The molecule has 0 fully saturated rings. The van der Waals surface area contributed by atoms with Crippen LogP contribution < -0.4 is 0 Å². The number of rotatable bonds is 6. The quantitative estimate of drug-likeness (QED) is 0.436. The number of thioether (sulfide) groups is 1. The van der Waals surface area contributed by atoms with Gasteiger partial charge in [-0.15, -0.1) is 11.8 Å². The fourth-order valence-corrected chi connectivity index (χ4v) is 2.99. The van der Waals surface area contributed by atoms with Crippen LogP contribution in [-0.4, -0.2) is 28.5 Å². The normalized spacial score (nSPS) is 10.5. The van der Waals surface area contributed by atoms with Crippen molar-refractivity contribution in [2.45, 2.75) is 11.4 Å². The fourth-order valence-electron chi connectivity index (χ4n) is 1.93. The van der Waals surface area contributed by atoms with E-state index in [1.165, 1.54) is 40.9 Å². The Balaban J connectivity index is 1.93. The van der Waals surface area contributed by atoms with Gasteiger partial charge in [0.1, 0.15) is 5.82 Å². The summed E-state index contributed by atoms with van der Waals surface area (Å²) in [7, 11) is 1.57. The molecule has 0 aliphatic heterocycles. The molecule has 0 aromatic heterocycles. The van der Waals surface area contributed by atoms with Crippen molar-refractivity contribution in [3.8, 4) is 0 Å². The number of benzene rings is 2. The van der Waals surface area contributed by atoms with E-state index in [2.05, 4.69) is 0 Å². The van der Waals surface area contributed by atoms with Gasteiger partial charge in [-0.25, -0.2) is 4.39 Å². The summed E-state index contributed by atoms with van der Waals surface area (Å²) >= 11 is 7.21. The van der Waals surface area contributed by atoms with Gasteiger partial charge in [0.25, 0.3) is 5.69 Å². The molecule has 0 saturated carbocycles. The van der Waals surface area contributed by atoms with Gasteiger partial charge >= 0.3 is 0 Å². The lowest BCUT2D eigenvalue weighted by atomic mass is 10.2. The molecule has 0 radical (unpaired) electrons. The Labute approximate surface area is 147 Å². The number of halogens is 2. The van der Waals surface area contributed by atoms with Crippen molar-refractivity contribution in [3.05, 3.63) is 69.0 Å². The average molecular weight is 369 g/mol. The Bertz CT molecular complexity index is 735. The maximum Gasteiger partial charge on any atom is 0.269 e. The molecule has 0 aliphatic rings. The first-order valence-corrected chi connectivity index (χ1v) is 8.29. The van der Waals surface area contributed by atoms with Gasteiger partial charge in [0.05, 0.1) is 10.7 Å². The molecule has 0 heterocycles. The first-order valence-electron chi connectivity index (χ1n) is 6.92. The smallest absolute Gasteiger partial charge is 0.269 e. The second-order valence-electron chi connectivity index (χ2n) is 4.99. The van der Waals surface area contributed by atoms with Crippen LogP contribution in [0.5, 0.6) is 0 Å². The molecular formula is C16H14ClFN2O3S. The van der Waals surface area contributed by atoms with E-state index < -0.39 is 10.7 Å². The van der Waals surface area contributed by atoms with Crippen molar-refractivity contribution < 1.29 is 14.1 Å². The van der Waals surface area contributed by atoms with E-state index in [1.807, 2.05) is 0 Å². The lowest BCUT2D eigenvalue weighted by molar-refractivity contribution is -0.384. The summed E-state index contributed by atoms with van der Waals surface area (Å²) in [6, 6.07) is 10.3. The molecule has 8 heteroatoms. The van der Waals surface area contributed by atoms with Crippen LogP contribution in [0.15, 0.2) is 47.4 Å². The molecule has 0 aliphatic carbocycles. The van der Waals surface area contributed by atoms with Gasteiger partial charge in [0.2, 0.25) is 5.91 Å². The minimum atomic E-state index is -0.481. The maximum absolute atomic E-state index is 13.7. The van der Waals surface area contributed by atoms with E-state index in [0.717, 1.165) is 4.90 Å². The van der Waals surface area contributed by atoms with Crippen LogP contribution in [0.3, 0.4) is 0 Å². The molecule has 0 saturated heterocycles. The summed E-state index contributed by atoms with van der Waals surface area (Å²) in [6.07, 6.45) is 0. The van der Waals surface area contributed by atoms with Gasteiger partial charge in [0.15, 0.2) is 0 Å². The van der Waals surface area contributed by atoms with Crippen molar-refractivity contribution in [2.24, 2.45) is 0 Å². The van der Waals surface area contributed by atoms with Gasteiger partial charge in [-0.1, -0.05) is 17.7 Å². The van der Waals surface area contributed by atoms with Crippen LogP contribution in [0.25, 0.3) is 0 Å². The molecule has 0 atom stereocenters. The largest absolute Gasteiger partial charge is 0.341 e. The van der Waals surface area contributed by atoms with Gasteiger partial charge in [0, 0.05) is 41.2 Å². The molecule has 2 rings (SSSR count). The summed E-state index contributed by atoms with van der Waals surface area (Å²) in [5.41, 5.74) is 0.271. The van der Waals surface area contributed by atoms with Crippen LogP contribution in [0, 0.1) is 15.9 Å². The minimum Gasteiger partial charge on any atom is -0.341 e. The predicted octanol–water partition coefficient (Wildman–Crippen LogP) is 4.14. The Hall–Kier alpha value is -2.12. The van der Waals surface area contributed by atoms with Gasteiger partial charge in [-0.2, -0.15) is 0 Å². The van der Waals surface area contributed by atoms with Gasteiger partial charge in [-0.05, 0) is 24.3 Å². The van der Waals surface area contributed by atoms with Gasteiger partial charge < -0.3 is 4.90 Å². The molecule has 5 nitrogen and oxygen atoms in total. The zero-order valence-electron chi connectivity index (χ0n) is 12.7. The number of non-ortho nitro benzene ring substituents is 1. The maximum atomic E-state index is 13.7. The van der Waals surface area contributed by atoms with Crippen LogP contribution in [-0.2, 0) is 11.3 Å². The second-order valence-corrected chi connectivity index (χ2v) is 6.45. The molecule has 0 unspecified atom stereocenters. The lowest BCUT2D eigenvalue weighted by Gasteiger charge is -2.18. The third kappa shape index (κ3) is 4.69. The molecule has 0 bridgehead atoms. The summed E-state index contributed by atoms with van der Waals surface area (Å²) < 4.78 is 13.7. The zero-order chi connectivity index (χ0) is 17.7. The van der Waals surface area contributed by atoms with Gasteiger partial charge in [-0.3, -0.25) is 14.9 Å². The minimum absolute atomic E-state index is 0.00279. The number of hydrogen-bond acceptors (Lipinski definition) is 4. The number of nitro benzene ring substituents is 1. The van der Waals surface area contributed by atoms with Crippen molar-refractivity contribution in [1.82, 2.24) is 4.90 Å². The standard InChI is InChI=1S/C16H14ClFN2O3S/c1-19(9-13-14(17)3-2-4-15(13)18)16(21)10-24-12-7-5-11(6-8-12)20(22)23/h2-8H,9-10H2,1H3.